The Morgan fingerprint density at radius 1 is 0.643 bits per heavy atom. The third-order valence-electron chi connectivity index (χ3n) is 6.37. The molecule has 0 heterocycles. The third kappa shape index (κ3) is 9.85. The Balaban J connectivity index is 5.08. The van der Waals surface area contributed by atoms with E-state index in [4.69, 9.17) is 8.85 Å². The van der Waals surface area contributed by atoms with Crippen LogP contribution < -0.4 is 0 Å². The predicted octanol–water partition coefficient (Wildman–Crippen LogP) is 5.95. The summed E-state index contributed by atoms with van der Waals surface area (Å²) >= 11 is 0. The molecule has 0 amide bonds. The van der Waals surface area contributed by atoms with Gasteiger partial charge in [-0.1, -0.05) is 34.6 Å². The molecule has 0 rings (SSSR count). The quantitative estimate of drug-likeness (QED) is 0.235. The van der Waals surface area contributed by atoms with E-state index in [1.54, 1.807) is 0 Å². The summed E-state index contributed by atoms with van der Waals surface area (Å²) in [6.07, 6.45) is 3.72. The second-order valence-corrected chi connectivity index (χ2v) is 16.8. The maximum atomic E-state index is 6.08. The fourth-order valence-corrected chi connectivity index (χ4v) is 11.1. The Bertz CT molecular complexity index is 348. The second kappa shape index (κ2) is 16.0. The van der Waals surface area contributed by atoms with Gasteiger partial charge < -0.3 is 18.3 Å². The first-order valence-corrected chi connectivity index (χ1v) is 17.2. The normalized spacial score (nSPS) is 13.1. The summed E-state index contributed by atoms with van der Waals surface area (Å²) in [7, 11) is -3.35. The number of hydrogen-bond donors (Lipinski definition) is 0. The number of rotatable bonds is 19. The fourth-order valence-electron chi connectivity index (χ4n) is 4.62. The van der Waals surface area contributed by atoms with Crippen molar-refractivity contribution in [2.75, 3.05) is 45.9 Å². The monoisotopic (exact) mass is 432 g/mol. The Kier molecular flexibility index (Phi) is 16.2. The summed E-state index contributed by atoms with van der Waals surface area (Å²) < 4.78 is 15.1. The minimum Gasteiger partial charge on any atom is -0.395 e. The zero-order valence-electron chi connectivity index (χ0n) is 20.6. The van der Waals surface area contributed by atoms with Crippen LogP contribution in [0, 0.1) is 0 Å². The van der Waals surface area contributed by atoms with Crippen LogP contribution in [0.15, 0.2) is 0 Å². The maximum Gasteiger partial charge on any atom is 0.334 e. The van der Waals surface area contributed by atoms with E-state index in [1.807, 2.05) is 0 Å². The summed E-state index contributed by atoms with van der Waals surface area (Å²) in [5.41, 5.74) is 0. The predicted molar refractivity (Wildman–Crippen MR) is 130 cm³/mol. The molecule has 0 unspecified atom stereocenters. The molecule has 0 radical (unpaired) electrons. The van der Waals surface area contributed by atoms with E-state index in [2.05, 4.69) is 64.5 Å². The third-order valence-corrected chi connectivity index (χ3v) is 15.2. The van der Waals surface area contributed by atoms with E-state index in [1.165, 1.54) is 70.1 Å². The van der Waals surface area contributed by atoms with E-state index >= 15 is 0 Å². The molecule has 0 fully saturated rings. The molecule has 0 bridgehead atoms. The molecule has 0 saturated carbocycles. The minimum atomic E-state index is -2.00. The van der Waals surface area contributed by atoms with Crippen LogP contribution in [0.1, 0.15) is 67.7 Å². The molecule has 0 aromatic heterocycles. The van der Waals surface area contributed by atoms with E-state index < -0.39 is 16.8 Å². The van der Waals surface area contributed by atoms with Crippen LogP contribution in [-0.2, 0) is 8.85 Å². The van der Waals surface area contributed by atoms with Crippen molar-refractivity contribution in [1.82, 2.24) is 9.47 Å². The van der Waals surface area contributed by atoms with Gasteiger partial charge in [0.05, 0.1) is 0 Å². The topological polar surface area (TPSA) is 24.9 Å². The van der Waals surface area contributed by atoms with Gasteiger partial charge in [-0.15, -0.1) is 0 Å². The highest BCUT2D eigenvalue weighted by Gasteiger charge is 2.36. The van der Waals surface area contributed by atoms with Crippen LogP contribution in [0.5, 0.6) is 0 Å². The first kappa shape index (κ1) is 28.3. The first-order chi connectivity index (χ1) is 13.4. The van der Waals surface area contributed by atoms with Gasteiger partial charge in [-0.25, -0.2) is 0 Å². The lowest BCUT2D eigenvalue weighted by molar-refractivity contribution is 0.186. The average Bonchev–Trinajstić information content (AvgIpc) is 2.67. The summed E-state index contributed by atoms with van der Waals surface area (Å²) in [6.45, 7) is 26.0. The standard InChI is InChI=1S/C22H52N2O2Si2/c1-9-17-23(18-10-2)20-21-24(28(13-5,14-6)15-7)19-16-22-27(8,25-11-3)26-12-4/h9-22H2,1-8H3. The van der Waals surface area contributed by atoms with Crippen LogP contribution in [-0.4, -0.2) is 72.2 Å². The Hall–Kier alpha value is 0.274. The molecule has 0 spiro atoms. The lowest BCUT2D eigenvalue weighted by atomic mass is 10.3. The lowest BCUT2D eigenvalue weighted by Gasteiger charge is -2.42. The van der Waals surface area contributed by atoms with Crippen LogP contribution in [0.4, 0.5) is 0 Å². The van der Waals surface area contributed by atoms with Crippen molar-refractivity contribution in [1.29, 1.82) is 0 Å². The minimum absolute atomic E-state index is 0.771. The van der Waals surface area contributed by atoms with Crippen molar-refractivity contribution in [2.24, 2.45) is 0 Å². The van der Waals surface area contributed by atoms with E-state index in [0.29, 0.717) is 0 Å². The van der Waals surface area contributed by atoms with Gasteiger partial charge in [0.15, 0.2) is 0 Å². The van der Waals surface area contributed by atoms with Gasteiger partial charge in [0.2, 0.25) is 0 Å². The van der Waals surface area contributed by atoms with E-state index in [-0.39, 0.29) is 0 Å². The Labute approximate surface area is 179 Å². The van der Waals surface area contributed by atoms with Crippen molar-refractivity contribution in [2.45, 2.75) is 98.5 Å². The van der Waals surface area contributed by atoms with Gasteiger partial charge in [-0.05, 0) is 83.5 Å². The van der Waals surface area contributed by atoms with E-state index in [9.17, 15) is 0 Å². The zero-order valence-corrected chi connectivity index (χ0v) is 22.6. The molecule has 0 atom stereocenters. The smallest absolute Gasteiger partial charge is 0.334 e. The molecule has 4 nitrogen and oxygen atoms in total. The molecule has 0 aliphatic heterocycles. The van der Waals surface area contributed by atoms with Crippen molar-refractivity contribution >= 4 is 16.8 Å². The van der Waals surface area contributed by atoms with Crippen molar-refractivity contribution in [3.63, 3.8) is 0 Å². The molecule has 0 N–H and O–H groups in total. The summed E-state index contributed by atoms with van der Waals surface area (Å²) in [5, 5.41) is 0. The molecular formula is C22H52N2O2Si2. The molecule has 0 aliphatic carbocycles. The number of hydrogen-bond acceptors (Lipinski definition) is 4. The van der Waals surface area contributed by atoms with Crippen molar-refractivity contribution in [3.05, 3.63) is 0 Å². The van der Waals surface area contributed by atoms with E-state index in [0.717, 1.165) is 19.3 Å². The van der Waals surface area contributed by atoms with Gasteiger partial charge in [-0.3, -0.25) is 0 Å². The summed E-state index contributed by atoms with van der Waals surface area (Å²) in [6, 6.07) is 5.22. The molecule has 6 heteroatoms. The average molecular weight is 433 g/mol. The zero-order chi connectivity index (χ0) is 21.5. The molecule has 0 aromatic carbocycles. The van der Waals surface area contributed by atoms with Gasteiger partial charge in [0.25, 0.3) is 0 Å². The number of nitrogens with zero attached hydrogens (tertiary/aromatic N) is 2. The van der Waals surface area contributed by atoms with Gasteiger partial charge in [0.1, 0.15) is 8.24 Å². The molecule has 0 aromatic rings. The SMILES string of the molecule is CCCN(CCC)CCN(CCC[Si](C)(OCC)OCC)[Si](CC)(CC)CC. The summed E-state index contributed by atoms with van der Waals surface area (Å²) in [4.78, 5) is 2.67. The lowest BCUT2D eigenvalue weighted by Crippen LogP contribution is -2.55. The Morgan fingerprint density at radius 3 is 1.54 bits per heavy atom. The van der Waals surface area contributed by atoms with Crippen LogP contribution in [0.3, 0.4) is 0 Å². The van der Waals surface area contributed by atoms with Crippen LogP contribution >= 0.6 is 0 Å². The second-order valence-electron chi connectivity index (χ2n) is 8.22. The molecular weight excluding hydrogens is 380 g/mol. The molecule has 0 aliphatic rings. The van der Waals surface area contributed by atoms with Crippen LogP contribution in [0.2, 0.25) is 30.7 Å². The van der Waals surface area contributed by atoms with Crippen LogP contribution in [0.25, 0.3) is 0 Å². The van der Waals surface area contributed by atoms with Gasteiger partial charge >= 0.3 is 8.56 Å². The first-order valence-electron chi connectivity index (χ1n) is 12.2. The van der Waals surface area contributed by atoms with Gasteiger partial charge in [0, 0.05) is 26.3 Å². The molecule has 28 heavy (non-hydrogen) atoms. The highest BCUT2D eigenvalue weighted by Crippen LogP contribution is 2.26. The highest BCUT2D eigenvalue weighted by molar-refractivity contribution is 6.77. The summed E-state index contributed by atoms with van der Waals surface area (Å²) in [5.74, 6) is 0. The van der Waals surface area contributed by atoms with Gasteiger partial charge in [-0.2, -0.15) is 0 Å². The fraction of sp³-hybridized carbons (Fsp3) is 1.00. The molecule has 170 valence electrons. The largest absolute Gasteiger partial charge is 0.395 e. The Morgan fingerprint density at radius 2 is 1.14 bits per heavy atom. The molecule has 0 saturated heterocycles. The highest BCUT2D eigenvalue weighted by atomic mass is 28.4. The van der Waals surface area contributed by atoms with Crippen molar-refractivity contribution < 1.29 is 8.85 Å². The van der Waals surface area contributed by atoms with Crippen molar-refractivity contribution in [3.8, 4) is 0 Å². The maximum absolute atomic E-state index is 6.08.